The summed E-state index contributed by atoms with van der Waals surface area (Å²) in [7, 11) is 5.58. The molecule has 0 aliphatic carbocycles. The number of hydrogen-bond acceptors (Lipinski definition) is 4. The number of benzene rings is 2. The van der Waals surface area contributed by atoms with Gasteiger partial charge >= 0.3 is 0 Å². The number of carbonyl (C=O) groups excluding carboxylic acids is 2. The lowest BCUT2D eigenvalue weighted by Crippen LogP contribution is -2.36. The topological polar surface area (TPSA) is 70.7 Å². The Labute approximate surface area is 160 Å². The summed E-state index contributed by atoms with van der Waals surface area (Å²) in [5.41, 5.74) is 1.68. The fourth-order valence-corrected chi connectivity index (χ4v) is 2.70. The fourth-order valence-electron chi connectivity index (χ4n) is 2.70. The first-order valence-corrected chi connectivity index (χ1v) is 8.91. The van der Waals surface area contributed by atoms with Gasteiger partial charge in [0.2, 0.25) is 5.91 Å². The normalized spacial score (nSPS) is 11.7. The van der Waals surface area contributed by atoms with Gasteiger partial charge in [-0.3, -0.25) is 9.59 Å². The van der Waals surface area contributed by atoms with Gasteiger partial charge in [0.1, 0.15) is 5.75 Å². The van der Waals surface area contributed by atoms with Crippen LogP contribution in [0.25, 0.3) is 0 Å². The van der Waals surface area contributed by atoms with Crippen LogP contribution >= 0.6 is 0 Å². The number of nitrogens with zero attached hydrogens (tertiary/aromatic N) is 1. The van der Waals surface area contributed by atoms with Crippen molar-refractivity contribution in [2.24, 2.45) is 0 Å². The molecule has 0 spiro atoms. The SMILES string of the molecule is COc1ccc(C(CNC(=O)CCNC(=O)c2ccccc2)N(C)C)cc1. The minimum Gasteiger partial charge on any atom is -0.497 e. The van der Waals surface area contributed by atoms with Crippen molar-refractivity contribution < 1.29 is 14.3 Å². The molecule has 0 saturated heterocycles. The molecule has 0 radical (unpaired) electrons. The smallest absolute Gasteiger partial charge is 0.251 e. The van der Waals surface area contributed by atoms with Crippen molar-refractivity contribution in [3.05, 3.63) is 65.7 Å². The van der Waals surface area contributed by atoms with Crippen LogP contribution in [-0.4, -0.2) is 51.0 Å². The van der Waals surface area contributed by atoms with Crippen LogP contribution in [-0.2, 0) is 4.79 Å². The summed E-state index contributed by atoms with van der Waals surface area (Å²) in [4.78, 5) is 26.1. The largest absolute Gasteiger partial charge is 0.497 e. The maximum absolute atomic E-state index is 12.1. The van der Waals surface area contributed by atoms with Gasteiger partial charge in [-0.15, -0.1) is 0 Å². The highest BCUT2D eigenvalue weighted by molar-refractivity contribution is 5.94. The van der Waals surface area contributed by atoms with E-state index in [-0.39, 0.29) is 24.3 Å². The highest BCUT2D eigenvalue weighted by Gasteiger charge is 2.15. The minimum absolute atomic E-state index is 0.0544. The Balaban J connectivity index is 1.79. The van der Waals surface area contributed by atoms with Crippen molar-refractivity contribution in [3.63, 3.8) is 0 Å². The Bertz CT molecular complexity index is 730. The lowest BCUT2D eigenvalue weighted by atomic mass is 10.1. The van der Waals surface area contributed by atoms with Crippen molar-refractivity contribution in [2.75, 3.05) is 34.3 Å². The van der Waals surface area contributed by atoms with E-state index in [1.165, 1.54) is 0 Å². The Hall–Kier alpha value is -2.86. The van der Waals surface area contributed by atoms with Crippen molar-refractivity contribution in [2.45, 2.75) is 12.5 Å². The average molecular weight is 369 g/mol. The van der Waals surface area contributed by atoms with E-state index in [9.17, 15) is 9.59 Å². The van der Waals surface area contributed by atoms with E-state index in [1.807, 2.05) is 56.6 Å². The molecule has 2 aromatic carbocycles. The van der Waals surface area contributed by atoms with E-state index in [0.29, 0.717) is 18.7 Å². The summed E-state index contributed by atoms with van der Waals surface area (Å²) in [6, 6.07) is 16.8. The summed E-state index contributed by atoms with van der Waals surface area (Å²) in [5.74, 6) is 0.533. The van der Waals surface area contributed by atoms with Gasteiger partial charge in [0.15, 0.2) is 0 Å². The summed E-state index contributed by atoms with van der Waals surface area (Å²) >= 11 is 0. The molecule has 6 nitrogen and oxygen atoms in total. The molecule has 144 valence electrons. The van der Waals surface area contributed by atoms with Crippen LogP contribution in [0.15, 0.2) is 54.6 Å². The van der Waals surface area contributed by atoms with E-state index >= 15 is 0 Å². The summed E-state index contributed by atoms with van der Waals surface area (Å²) in [5, 5.41) is 5.70. The molecule has 0 saturated carbocycles. The number of methoxy groups -OCH3 is 1. The fraction of sp³-hybridized carbons (Fsp3) is 0.333. The Morgan fingerprint density at radius 2 is 1.67 bits per heavy atom. The van der Waals surface area contributed by atoms with Gasteiger partial charge in [-0.25, -0.2) is 0 Å². The van der Waals surface area contributed by atoms with Crippen LogP contribution in [0.3, 0.4) is 0 Å². The minimum atomic E-state index is -0.173. The monoisotopic (exact) mass is 369 g/mol. The molecule has 2 amide bonds. The molecular formula is C21H27N3O3. The number of carbonyl (C=O) groups is 2. The molecule has 0 aromatic heterocycles. The molecule has 2 rings (SSSR count). The number of nitrogens with one attached hydrogen (secondary N) is 2. The molecule has 0 bridgehead atoms. The summed E-state index contributed by atoms with van der Waals surface area (Å²) in [6.07, 6.45) is 0.237. The zero-order valence-corrected chi connectivity index (χ0v) is 16.1. The van der Waals surface area contributed by atoms with E-state index < -0.39 is 0 Å². The van der Waals surface area contributed by atoms with Gasteiger partial charge in [-0.2, -0.15) is 0 Å². The molecule has 2 N–H and O–H groups in total. The molecule has 27 heavy (non-hydrogen) atoms. The number of hydrogen-bond donors (Lipinski definition) is 2. The number of amides is 2. The van der Waals surface area contributed by atoms with Crippen LogP contribution in [0.5, 0.6) is 5.75 Å². The summed E-state index contributed by atoms with van der Waals surface area (Å²) in [6.45, 7) is 0.791. The molecule has 0 aliphatic rings. The van der Waals surface area contributed by atoms with Crippen LogP contribution < -0.4 is 15.4 Å². The Morgan fingerprint density at radius 1 is 1.00 bits per heavy atom. The molecule has 0 heterocycles. The van der Waals surface area contributed by atoms with Gasteiger partial charge in [0.05, 0.1) is 13.2 Å². The van der Waals surface area contributed by atoms with Crippen molar-refractivity contribution in [1.82, 2.24) is 15.5 Å². The third kappa shape index (κ3) is 6.42. The van der Waals surface area contributed by atoms with Crippen molar-refractivity contribution in [3.8, 4) is 5.75 Å². The van der Waals surface area contributed by atoms with Gasteiger partial charge in [0.25, 0.3) is 5.91 Å². The lowest BCUT2D eigenvalue weighted by molar-refractivity contribution is -0.121. The maximum Gasteiger partial charge on any atom is 0.251 e. The number of rotatable bonds is 9. The highest BCUT2D eigenvalue weighted by Crippen LogP contribution is 2.20. The first-order chi connectivity index (χ1) is 13.0. The lowest BCUT2D eigenvalue weighted by Gasteiger charge is -2.25. The highest BCUT2D eigenvalue weighted by atomic mass is 16.5. The molecule has 0 fully saturated rings. The van der Waals surface area contributed by atoms with Gasteiger partial charge in [-0.05, 0) is 43.9 Å². The van der Waals surface area contributed by atoms with Crippen molar-refractivity contribution >= 4 is 11.8 Å². The second kappa shape index (κ2) is 10.3. The number of ether oxygens (including phenoxy) is 1. The second-order valence-electron chi connectivity index (χ2n) is 6.43. The number of likely N-dealkylation sites (N-methyl/N-ethyl adjacent to an activating group) is 1. The predicted octanol–water partition coefficient (Wildman–Crippen LogP) is 2.23. The van der Waals surface area contributed by atoms with E-state index in [1.54, 1.807) is 19.2 Å². The quantitative estimate of drug-likeness (QED) is 0.711. The third-order valence-corrected chi connectivity index (χ3v) is 4.29. The standard InChI is InChI=1S/C21H27N3O3/c1-24(2)19(16-9-11-18(27-3)12-10-16)15-23-20(25)13-14-22-21(26)17-7-5-4-6-8-17/h4-12,19H,13-15H2,1-3H3,(H,22,26)(H,23,25). The molecule has 0 aliphatic heterocycles. The van der Waals surface area contributed by atoms with E-state index in [2.05, 4.69) is 15.5 Å². The van der Waals surface area contributed by atoms with E-state index in [0.717, 1.165) is 11.3 Å². The first-order valence-electron chi connectivity index (χ1n) is 8.91. The molecule has 6 heteroatoms. The van der Waals surface area contributed by atoms with Crippen LogP contribution in [0.2, 0.25) is 0 Å². The zero-order valence-electron chi connectivity index (χ0n) is 16.1. The predicted molar refractivity (Wildman–Crippen MR) is 106 cm³/mol. The molecule has 2 aromatic rings. The Kier molecular flexibility index (Phi) is 7.82. The first kappa shape index (κ1) is 20.5. The molecule has 1 atom stereocenters. The molecular weight excluding hydrogens is 342 g/mol. The third-order valence-electron chi connectivity index (χ3n) is 4.29. The van der Waals surface area contributed by atoms with Crippen LogP contribution in [0, 0.1) is 0 Å². The van der Waals surface area contributed by atoms with Gasteiger partial charge in [0, 0.05) is 25.1 Å². The van der Waals surface area contributed by atoms with Gasteiger partial charge in [-0.1, -0.05) is 30.3 Å². The Morgan fingerprint density at radius 3 is 2.26 bits per heavy atom. The van der Waals surface area contributed by atoms with Gasteiger partial charge < -0.3 is 20.3 Å². The van der Waals surface area contributed by atoms with Crippen molar-refractivity contribution in [1.29, 1.82) is 0 Å². The zero-order chi connectivity index (χ0) is 19.6. The average Bonchev–Trinajstić information content (AvgIpc) is 2.69. The summed E-state index contributed by atoms with van der Waals surface area (Å²) < 4.78 is 5.19. The maximum atomic E-state index is 12.1. The van der Waals surface area contributed by atoms with Crippen LogP contribution in [0.4, 0.5) is 0 Å². The molecule has 1 unspecified atom stereocenters. The van der Waals surface area contributed by atoms with E-state index in [4.69, 9.17) is 4.74 Å². The van der Waals surface area contributed by atoms with Crippen LogP contribution in [0.1, 0.15) is 28.4 Å². The second-order valence-corrected chi connectivity index (χ2v) is 6.43.